The molecule has 4 nitrogen and oxygen atoms in total. The van der Waals surface area contributed by atoms with Crippen LogP contribution in [-0.2, 0) is 11.3 Å². The average molecular weight is 304 g/mol. The Bertz CT molecular complexity index is 506. The Morgan fingerprint density at radius 3 is 3.05 bits per heavy atom. The molecule has 0 aliphatic carbocycles. The third-order valence-electron chi connectivity index (χ3n) is 5.13. The van der Waals surface area contributed by atoms with Crippen LogP contribution in [0.3, 0.4) is 0 Å². The van der Waals surface area contributed by atoms with Crippen LogP contribution in [0.15, 0.2) is 24.3 Å². The zero-order valence-electron chi connectivity index (χ0n) is 14.0. The molecule has 1 aromatic rings. The minimum atomic E-state index is 0.0754. The van der Waals surface area contributed by atoms with Crippen LogP contribution in [0.4, 0.5) is 0 Å². The molecule has 2 heterocycles. The van der Waals surface area contributed by atoms with Crippen molar-refractivity contribution in [3.63, 3.8) is 0 Å². The SMILES string of the molecule is COc1cccc(CN2CC[C@@]3(C[C@H](N(C)C)CCO3)C2)c1. The summed E-state index contributed by atoms with van der Waals surface area (Å²) in [6.07, 6.45) is 3.47. The second-order valence-electron chi connectivity index (χ2n) is 6.95. The van der Waals surface area contributed by atoms with Crippen LogP contribution in [0.5, 0.6) is 5.75 Å². The van der Waals surface area contributed by atoms with E-state index in [0.717, 1.165) is 51.3 Å². The summed E-state index contributed by atoms with van der Waals surface area (Å²) in [5.74, 6) is 0.938. The standard InChI is InChI=1S/C18H28N2O2/c1-19(2)16-7-10-22-18(12-16)8-9-20(14-18)13-15-5-4-6-17(11-15)21-3/h4-6,11,16H,7-10,12-14H2,1-3H3/t16-,18-/m1/s1. The maximum Gasteiger partial charge on any atom is 0.119 e. The summed E-state index contributed by atoms with van der Waals surface area (Å²) >= 11 is 0. The maximum absolute atomic E-state index is 6.23. The molecule has 0 aromatic heterocycles. The van der Waals surface area contributed by atoms with Crippen LogP contribution < -0.4 is 4.74 Å². The molecule has 2 aliphatic rings. The highest BCUT2D eigenvalue weighted by atomic mass is 16.5. The summed E-state index contributed by atoms with van der Waals surface area (Å²) in [4.78, 5) is 4.88. The molecule has 22 heavy (non-hydrogen) atoms. The van der Waals surface area contributed by atoms with E-state index in [-0.39, 0.29) is 5.60 Å². The number of likely N-dealkylation sites (tertiary alicyclic amines) is 1. The molecule has 0 N–H and O–H groups in total. The molecule has 0 amide bonds. The molecule has 1 aromatic carbocycles. The number of nitrogens with zero attached hydrogens (tertiary/aromatic N) is 2. The number of ether oxygens (including phenoxy) is 2. The topological polar surface area (TPSA) is 24.9 Å². The highest BCUT2D eigenvalue weighted by Crippen LogP contribution is 2.36. The first kappa shape index (κ1) is 15.8. The van der Waals surface area contributed by atoms with E-state index in [0.29, 0.717) is 6.04 Å². The molecule has 1 spiro atoms. The summed E-state index contributed by atoms with van der Waals surface area (Å²) in [5.41, 5.74) is 1.39. The van der Waals surface area contributed by atoms with Gasteiger partial charge in [-0.15, -0.1) is 0 Å². The summed E-state index contributed by atoms with van der Waals surface area (Å²) in [7, 11) is 6.10. The third kappa shape index (κ3) is 3.45. The van der Waals surface area contributed by atoms with Gasteiger partial charge in [0.15, 0.2) is 0 Å². The zero-order valence-corrected chi connectivity index (χ0v) is 14.0. The predicted octanol–water partition coefficient (Wildman–Crippen LogP) is 2.38. The molecule has 2 aliphatic heterocycles. The molecule has 0 saturated carbocycles. The van der Waals surface area contributed by atoms with Gasteiger partial charge < -0.3 is 14.4 Å². The summed E-state index contributed by atoms with van der Waals surface area (Å²) < 4.78 is 11.5. The van der Waals surface area contributed by atoms with Crippen LogP contribution >= 0.6 is 0 Å². The van der Waals surface area contributed by atoms with E-state index < -0.39 is 0 Å². The van der Waals surface area contributed by atoms with Crippen molar-refractivity contribution < 1.29 is 9.47 Å². The minimum Gasteiger partial charge on any atom is -0.497 e. The Morgan fingerprint density at radius 2 is 2.27 bits per heavy atom. The number of hydrogen-bond acceptors (Lipinski definition) is 4. The lowest BCUT2D eigenvalue weighted by molar-refractivity contribution is -0.0932. The molecular weight excluding hydrogens is 276 g/mol. The smallest absolute Gasteiger partial charge is 0.119 e. The van der Waals surface area contributed by atoms with Gasteiger partial charge in [0, 0.05) is 32.3 Å². The fraction of sp³-hybridized carbons (Fsp3) is 0.667. The van der Waals surface area contributed by atoms with Crippen molar-refractivity contribution in [1.82, 2.24) is 9.80 Å². The number of benzene rings is 1. The van der Waals surface area contributed by atoms with Gasteiger partial charge in [0.2, 0.25) is 0 Å². The van der Waals surface area contributed by atoms with Gasteiger partial charge in [-0.1, -0.05) is 12.1 Å². The normalized spacial score (nSPS) is 29.4. The molecule has 2 atom stereocenters. The second-order valence-corrected chi connectivity index (χ2v) is 6.95. The second kappa shape index (κ2) is 6.57. The van der Waals surface area contributed by atoms with E-state index in [1.165, 1.54) is 5.56 Å². The Morgan fingerprint density at radius 1 is 1.41 bits per heavy atom. The van der Waals surface area contributed by atoms with Gasteiger partial charge in [-0.2, -0.15) is 0 Å². The fourth-order valence-corrected chi connectivity index (χ4v) is 3.82. The molecular formula is C18H28N2O2. The van der Waals surface area contributed by atoms with Gasteiger partial charge in [-0.3, -0.25) is 4.90 Å². The lowest BCUT2D eigenvalue weighted by atomic mass is 9.89. The van der Waals surface area contributed by atoms with Crippen molar-refractivity contribution >= 4 is 0 Å². The molecule has 2 saturated heterocycles. The van der Waals surface area contributed by atoms with E-state index >= 15 is 0 Å². The molecule has 0 radical (unpaired) electrons. The molecule has 0 unspecified atom stereocenters. The van der Waals surface area contributed by atoms with Gasteiger partial charge in [-0.05, 0) is 51.1 Å². The highest BCUT2D eigenvalue weighted by Gasteiger charge is 2.43. The van der Waals surface area contributed by atoms with E-state index in [1.54, 1.807) is 7.11 Å². The lowest BCUT2D eigenvalue weighted by Crippen LogP contribution is -2.48. The van der Waals surface area contributed by atoms with Gasteiger partial charge in [0.25, 0.3) is 0 Å². The Hall–Kier alpha value is -1.10. The molecule has 122 valence electrons. The van der Waals surface area contributed by atoms with Crippen LogP contribution in [0.1, 0.15) is 24.8 Å². The van der Waals surface area contributed by atoms with Crippen molar-refractivity contribution in [1.29, 1.82) is 0 Å². The first-order valence-electron chi connectivity index (χ1n) is 8.26. The van der Waals surface area contributed by atoms with Crippen molar-refractivity contribution in [3.8, 4) is 5.75 Å². The van der Waals surface area contributed by atoms with Gasteiger partial charge >= 0.3 is 0 Å². The average Bonchev–Trinajstić information content (AvgIpc) is 2.89. The van der Waals surface area contributed by atoms with Crippen molar-refractivity contribution in [2.24, 2.45) is 0 Å². The fourth-order valence-electron chi connectivity index (χ4n) is 3.82. The molecule has 2 fully saturated rings. The highest BCUT2D eigenvalue weighted by molar-refractivity contribution is 5.28. The van der Waals surface area contributed by atoms with Gasteiger partial charge in [0.05, 0.1) is 12.7 Å². The van der Waals surface area contributed by atoms with E-state index in [4.69, 9.17) is 9.47 Å². The number of rotatable bonds is 4. The van der Waals surface area contributed by atoms with Crippen molar-refractivity contribution in [2.45, 2.75) is 37.5 Å². The van der Waals surface area contributed by atoms with Crippen LogP contribution in [0, 0.1) is 0 Å². The predicted molar refractivity (Wildman–Crippen MR) is 88.3 cm³/mol. The van der Waals surface area contributed by atoms with Crippen LogP contribution in [0.2, 0.25) is 0 Å². The van der Waals surface area contributed by atoms with Crippen LogP contribution in [0.25, 0.3) is 0 Å². The van der Waals surface area contributed by atoms with Crippen molar-refractivity contribution in [2.75, 3.05) is 40.9 Å². The molecule has 4 heteroatoms. The van der Waals surface area contributed by atoms with E-state index in [1.807, 2.05) is 6.07 Å². The molecule has 3 rings (SSSR count). The minimum absolute atomic E-state index is 0.0754. The molecule has 0 bridgehead atoms. The van der Waals surface area contributed by atoms with Crippen LogP contribution in [-0.4, -0.2) is 62.3 Å². The Balaban J connectivity index is 1.62. The Kier molecular flexibility index (Phi) is 4.71. The summed E-state index contributed by atoms with van der Waals surface area (Å²) in [5, 5.41) is 0. The largest absolute Gasteiger partial charge is 0.497 e. The summed E-state index contributed by atoms with van der Waals surface area (Å²) in [6.45, 7) is 4.05. The first-order valence-corrected chi connectivity index (χ1v) is 8.26. The zero-order chi connectivity index (χ0) is 15.6. The third-order valence-corrected chi connectivity index (χ3v) is 5.13. The Labute approximate surface area is 134 Å². The quantitative estimate of drug-likeness (QED) is 0.853. The first-order chi connectivity index (χ1) is 10.6. The number of methoxy groups -OCH3 is 1. The van der Waals surface area contributed by atoms with E-state index in [2.05, 4.69) is 42.1 Å². The van der Waals surface area contributed by atoms with Gasteiger partial charge in [-0.25, -0.2) is 0 Å². The van der Waals surface area contributed by atoms with Gasteiger partial charge in [0.1, 0.15) is 5.75 Å². The summed E-state index contributed by atoms with van der Waals surface area (Å²) in [6, 6.07) is 9.04. The number of hydrogen-bond donors (Lipinski definition) is 0. The maximum atomic E-state index is 6.23. The lowest BCUT2D eigenvalue weighted by Gasteiger charge is -2.40. The van der Waals surface area contributed by atoms with Crippen molar-refractivity contribution in [3.05, 3.63) is 29.8 Å². The monoisotopic (exact) mass is 304 g/mol. The van der Waals surface area contributed by atoms with E-state index in [9.17, 15) is 0 Å².